The Bertz CT molecular complexity index is 756. The lowest BCUT2D eigenvalue weighted by Crippen LogP contribution is -2.59. The number of esters is 2. The van der Waals surface area contributed by atoms with Crippen LogP contribution in [0, 0.1) is 11.3 Å². The molecule has 1 saturated heterocycles. The molecule has 0 amide bonds. The van der Waals surface area contributed by atoms with E-state index in [4.69, 9.17) is 63.9 Å². The van der Waals surface area contributed by atoms with Gasteiger partial charge in [0, 0.05) is 12.8 Å². The van der Waals surface area contributed by atoms with E-state index in [-0.39, 0.29) is 6.61 Å². The van der Waals surface area contributed by atoms with Crippen molar-refractivity contribution in [2.75, 3.05) is 7.11 Å². The van der Waals surface area contributed by atoms with Crippen molar-refractivity contribution in [2.24, 2.45) is 5.92 Å². The van der Waals surface area contributed by atoms with Gasteiger partial charge in [0.05, 0.1) is 13.7 Å². The molecule has 1 aromatic carbocycles. The molecule has 1 aliphatic rings. The van der Waals surface area contributed by atoms with Gasteiger partial charge in [-0.25, -0.2) is 4.79 Å². The van der Waals surface area contributed by atoms with Crippen molar-refractivity contribution in [3.63, 3.8) is 0 Å². The largest absolute Gasteiger partial charge is 0.467 e. The molecule has 3 unspecified atom stereocenters. The van der Waals surface area contributed by atoms with Crippen molar-refractivity contribution in [3.8, 4) is 0 Å². The molecule has 2 rings (SSSR count). The third-order valence-electron chi connectivity index (χ3n) is 4.38. The van der Waals surface area contributed by atoms with Crippen molar-refractivity contribution in [1.82, 2.24) is 0 Å². The summed E-state index contributed by atoms with van der Waals surface area (Å²) < 4.78 is 24.9. The SMILES string of the molecule is COC(=O)C1OC(OC(=N)C(Cl)(Cl)Cl)C(OC(C)=O)[C@H](OCc2ccccc2)[C@@H]1C. The molecule has 0 aromatic heterocycles. The summed E-state index contributed by atoms with van der Waals surface area (Å²) in [7, 11) is 1.20. The molecule has 166 valence electrons. The third kappa shape index (κ3) is 6.46. The minimum Gasteiger partial charge on any atom is -0.467 e. The highest BCUT2D eigenvalue weighted by molar-refractivity contribution is 6.76. The fourth-order valence-electron chi connectivity index (χ4n) is 2.96. The van der Waals surface area contributed by atoms with Gasteiger partial charge in [0.1, 0.15) is 6.10 Å². The maximum absolute atomic E-state index is 12.3. The van der Waals surface area contributed by atoms with Crippen molar-refractivity contribution in [2.45, 2.75) is 48.8 Å². The highest BCUT2D eigenvalue weighted by Gasteiger charge is 2.51. The molecule has 1 heterocycles. The van der Waals surface area contributed by atoms with Gasteiger partial charge in [-0.3, -0.25) is 10.2 Å². The van der Waals surface area contributed by atoms with Gasteiger partial charge in [-0.1, -0.05) is 72.1 Å². The molecule has 1 aliphatic heterocycles. The average Bonchev–Trinajstić information content (AvgIpc) is 2.68. The molecule has 0 radical (unpaired) electrons. The van der Waals surface area contributed by atoms with Crippen molar-refractivity contribution in [3.05, 3.63) is 35.9 Å². The summed E-state index contributed by atoms with van der Waals surface area (Å²) in [5.74, 6) is -2.69. The fourth-order valence-corrected chi connectivity index (χ4v) is 3.10. The fraction of sp³-hybridized carbons (Fsp3) is 0.526. The summed E-state index contributed by atoms with van der Waals surface area (Å²) in [5, 5.41) is 7.82. The van der Waals surface area contributed by atoms with Crippen LogP contribution in [0.2, 0.25) is 0 Å². The van der Waals surface area contributed by atoms with Crippen LogP contribution in [0.5, 0.6) is 0 Å². The van der Waals surface area contributed by atoms with Crippen LogP contribution in [0.15, 0.2) is 30.3 Å². The van der Waals surface area contributed by atoms with E-state index in [0.29, 0.717) is 0 Å². The van der Waals surface area contributed by atoms with Crippen LogP contribution in [0.25, 0.3) is 0 Å². The Hall–Kier alpha value is -1.58. The van der Waals surface area contributed by atoms with E-state index in [0.717, 1.165) is 5.56 Å². The number of carbonyl (C=O) groups is 2. The Morgan fingerprint density at radius 3 is 2.30 bits per heavy atom. The van der Waals surface area contributed by atoms with Gasteiger partial charge in [0.25, 0.3) is 3.79 Å². The molecule has 0 aliphatic carbocycles. The summed E-state index contributed by atoms with van der Waals surface area (Å²) in [6, 6.07) is 9.27. The summed E-state index contributed by atoms with van der Waals surface area (Å²) in [5.41, 5.74) is 0.860. The van der Waals surface area contributed by atoms with E-state index in [9.17, 15) is 9.59 Å². The number of halogens is 3. The molecule has 5 atom stereocenters. The first-order valence-corrected chi connectivity index (χ1v) is 10.1. The van der Waals surface area contributed by atoms with Crippen LogP contribution in [0.1, 0.15) is 19.4 Å². The summed E-state index contributed by atoms with van der Waals surface area (Å²) in [4.78, 5) is 24.0. The maximum Gasteiger partial charge on any atom is 0.335 e. The molecule has 11 heteroatoms. The van der Waals surface area contributed by atoms with Crippen molar-refractivity contribution in [1.29, 1.82) is 5.41 Å². The number of hydrogen-bond acceptors (Lipinski definition) is 8. The van der Waals surface area contributed by atoms with Crippen LogP contribution < -0.4 is 0 Å². The number of alkyl halides is 3. The standard InChI is InChI=1S/C19H22Cl3NO7/c1-10-13(27-9-12-7-5-4-6-8-12)15(28-11(2)24)17(29-14(10)16(25)26-3)30-18(23)19(20,21)22/h4-8,10,13-15,17,23H,9H2,1-3H3/t10-,13+,14?,15?,17?/m0/s1. The minimum atomic E-state index is -2.19. The van der Waals surface area contributed by atoms with Gasteiger partial charge >= 0.3 is 11.9 Å². The Morgan fingerprint density at radius 1 is 1.13 bits per heavy atom. The second-order valence-corrected chi connectivity index (χ2v) is 8.87. The number of methoxy groups -OCH3 is 1. The first kappa shape index (κ1) is 24.7. The predicted octanol–water partition coefficient (Wildman–Crippen LogP) is 3.40. The average molecular weight is 483 g/mol. The lowest BCUT2D eigenvalue weighted by Gasteiger charge is -2.43. The van der Waals surface area contributed by atoms with Gasteiger partial charge in [0.15, 0.2) is 12.2 Å². The number of rotatable bonds is 6. The van der Waals surface area contributed by atoms with Gasteiger partial charge in [-0.15, -0.1) is 0 Å². The summed E-state index contributed by atoms with van der Waals surface area (Å²) in [6.07, 6.45) is -4.57. The molecule has 0 bridgehead atoms. The third-order valence-corrected chi connectivity index (χ3v) is 4.90. The normalized spacial score (nSPS) is 26.5. The Morgan fingerprint density at radius 2 is 1.77 bits per heavy atom. The second kappa shape index (κ2) is 10.6. The van der Waals surface area contributed by atoms with E-state index in [1.165, 1.54) is 14.0 Å². The predicted molar refractivity (Wildman–Crippen MR) is 110 cm³/mol. The lowest BCUT2D eigenvalue weighted by atomic mass is 9.90. The molecule has 30 heavy (non-hydrogen) atoms. The molecular formula is C19H22Cl3NO7. The number of ether oxygens (including phenoxy) is 5. The van der Waals surface area contributed by atoms with Crippen LogP contribution in [0.4, 0.5) is 0 Å². The van der Waals surface area contributed by atoms with E-state index in [2.05, 4.69) is 0 Å². The Labute approximate surface area is 189 Å². The molecule has 1 aromatic rings. The smallest absolute Gasteiger partial charge is 0.335 e. The zero-order valence-electron chi connectivity index (χ0n) is 16.5. The highest BCUT2D eigenvalue weighted by atomic mass is 35.6. The van der Waals surface area contributed by atoms with Crippen LogP contribution in [0.3, 0.4) is 0 Å². The molecule has 1 fully saturated rings. The van der Waals surface area contributed by atoms with Gasteiger partial charge < -0.3 is 23.7 Å². The van der Waals surface area contributed by atoms with Gasteiger partial charge in [0.2, 0.25) is 12.2 Å². The van der Waals surface area contributed by atoms with Crippen LogP contribution >= 0.6 is 34.8 Å². The second-order valence-electron chi connectivity index (χ2n) is 6.59. The van der Waals surface area contributed by atoms with E-state index in [1.807, 2.05) is 30.3 Å². The summed E-state index contributed by atoms with van der Waals surface area (Å²) >= 11 is 17.1. The first-order valence-electron chi connectivity index (χ1n) is 8.93. The van der Waals surface area contributed by atoms with Gasteiger partial charge in [-0.05, 0) is 5.56 Å². The zero-order chi connectivity index (χ0) is 22.5. The minimum absolute atomic E-state index is 0.163. The Balaban J connectivity index is 2.33. The zero-order valence-corrected chi connectivity index (χ0v) is 18.7. The number of hydrogen-bond donors (Lipinski definition) is 1. The van der Waals surface area contributed by atoms with E-state index in [1.54, 1.807) is 6.92 Å². The molecule has 0 spiro atoms. The van der Waals surface area contributed by atoms with Crippen molar-refractivity contribution >= 4 is 52.6 Å². The maximum atomic E-state index is 12.3. The lowest BCUT2D eigenvalue weighted by molar-refractivity contribution is -0.275. The molecule has 0 saturated carbocycles. The van der Waals surface area contributed by atoms with Crippen molar-refractivity contribution < 1.29 is 33.3 Å². The van der Waals surface area contributed by atoms with E-state index < -0.39 is 52.1 Å². The molecular weight excluding hydrogens is 461 g/mol. The number of benzene rings is 1. The molecule has 1 N–H and O–H groups in total. The van der Waals surface area contributed by atoms with Gasteiger partial charge in [-0.2, -0.15) is 0 Å². The first-order chi connectivity index (χ1) is 14.0. The molecule has 8 nitrogen and oxygen atoms in total. The number of carbonyl (C=O) groups excluding carboxylic acids is 2. The highest BCUT2D eigenvalue weighted by Crippen LogP contribution is 2.35. The van der Waals surface area contributed by atoms with Crippen LogP contribution in [-0.2, 0) is 39.9 Å². The monoisotopic (exact) mass is 481 g/mol. The quantitative estimate of drug-likeness (QED) is 0.287. The topological polar surface area (TPSA) is 104 Å². The summed E-state index contributed by atoms with van der Waals surface area (Å²) in [6.45, 7) is 3.04. The number of nitrogens with one attached hydrogen (secondary N) is 1. The van der Waals surface area contributed by atoms with Crippen LogP contribution in [-0.4, -0.2) is 53.3 Å². The Kier molecular flexibility index (Phi) is 8.75. The van der Waals surface area contributed by atoms with E-state index >= 15 is 0 Å².